The fraction of sp³-hybridized carbons (Fsp3) is 0.600. The zero-order valence-electron chi connectivity index (χ0n) is 12.6. The standard InChI is InChI=1S/C15H23N3O2/c1-10(2)17-15(19)13-5-6-14(16-7-13)18-8-11(3)20-12(4)9-18/h5-7,10-12H,8-9H2,1-4H3,(H,17,19)/t11-,12-/m1/s1. The first-order valence-electron chi connectivity index (χ1n) is 7.13. The third kappa shape index (κ3) is 3.70. The molecule has 0 aromatic carbocycles. The van der Waals surface area contributed by atoms with Gasteiger partial charge in [-0.05, 0) is 39.8 Å². The molecule has 0 radical (unpaired) electrons. The van der Waals surface area contributed by atoms with Gasteiger partial charge in [0.25, 0.3) is 5.91 Å². The van der Waals surface area contributed by atoms with Gasteiger partial charge in [0.05, 0.1) is 17.8 Å². The van der Waals surface area contributed by atoms with Crippen LogP contribution >= 0.6 is 0 Å². The molecule has 1 aromatic rings. The van der Waals surface area contributed by atoms with Crippen LogP contribution in [0.15, 0.2) is 18.3 Å². The number of nitrogens with zero attached hydrogens (tertiary/aromatic N) is 2. The van der Waals surface area contributed by atoms with Crippen LogP contribution in [0, 0.1) is 0 Å². The number of carbonyl (C=O) groups excluding carboxylic acids is 1. The van der Waals surface area contributed by atoms with Crippen LogP contribution in [-0.2, 0) is 4.74 Å². The Morgan fingerprint density at radius 2 is 2.00 bits per heavy atom. The summed E-state index contributed by atoms with van der Waals surface area (Å²) >= 11 is 0. The SMILES string of the molecule is CC(C)NC(=O)c1ccc(N2C[C@@H](C)O[C@H](C)C2)nc1. The molecule has 0 unspecified atom stereocenters. The molecule has 0 aliphatic carbocycles. The average molecular weight is 277 g/mol. The van der Waals surface area contributed by atoms with Crippen molar-refractivity contribution in [3.63, 3.8) is 0 Å². The maximum absolute atomic E-state index is 11.9. The number of aromatic nitrogens is 1. The number of nitrogens with one attached hydrogen (secondary N) is 1. The lowest BCUT2D eigenvalue weighted by Crippen LogP contribution is -2.45. The number of morpholine rings is 1. The summed E-state index contributed by atoms with van der Waals surface area (Å²) < 4.78 is 5.71. The van der Waals surface area contributed by atoms with E-state index in [1.54, 1.807) is 6.20 Å². The van der Waals surface area contributed by atoms with E-state index >= 15 is 0 Å². The van der Waals surface area contributed by atoms with Crippen molar-refractivity contribution < 1.29 is 9.53 Å². The molecule has 1 aromatic heterocycles. The third-order valence-corrected chi connectivity index (χ3v) is 3.17. The van der Waals surface area contributed by atoms with E-state index in [1.165, 1.54) is 0 Å². The zero-order valence-corrected chi connectivity index (χ0v) is 12.6. The Balaban J connectivity index is 2.06. The molecule has 110 valence electrons. The van der Waals surface area contributed by atoms with E-state index in [9.17, 15) is 4.79 Å². The maximum Gasteiger partial charge on any atom is 0.253 e. The van der Waals surface area contributed by atoms with Gasteiger partial charge in [-0.2, -0.15) is 0 Å². The van der Waals surface area contributed by atoms with E-state index in [4.69, 9.17) is 4.74 Å². The van der Waals surface area contributed by atoms with Crippen molar-refractivity contribution in [3.05, 3.63) is 23.9 Å². The lowest BCUT2D eigenvalue weighted by atomic mass is 10.2. The van der Waals surface area contributed by atoms with Crippen LogP contribution in [0.4, 0.5) is 5.82 Å². The van der Waals surface area contributed by atoms with E-state index in [0.717, 1.165) is 18.9 Å². The number of ether oxygens (including phenoxy) is 1. The Morgan fingerprint density at radius 3 is 2.50 bits per heavy atom. The molecular weight excluding hydrogens is 254 g/mol. The summed E-state index contributed by atoms with van der Waals surface area (Å²) in [5, 5.41) is 2.86. The molecule has 5 heteroatoms. The zero-order chi connectivity index (χ0) is 14.7. The quantitative estimate of drug-likeness (QED) is 0.916. The van der Waals surface area contributed by atoms with Crippen molar-refractivity contribution in [2.75, 3.05) is 18.0 Å². The first kappa shape index (κ1) is 14.8. The molecule has 2 atom stereocenters. The van der Waals surface area contributed by atoms with Gasteiger partial charge in [0.15, 0.2) is 0 Å². The molecule has 1 aliphatic heterocycles. The molecule has 1 saturated heterocycles. The van der Waals surface area contributed by atoms with Crippen LogP contribution in [0.2, 0.25) is 0 Å². The van der Waals surface area contributed by atoms with E-state index in [2.05, 4.69) is 29.0 Å². The Hall–Kier alpha value is -1.62. The Bertz CT molecular complexity index is 449. The Labute approximate surface area is 120 Å². The normalized spacial score (nSPS) is 22.9. The molecule has 5 nitrogen and oxygen atoms in total. The van der Waals surface area contributed by atoms with Gasteiger partial charge in [0.2, 0.25) is 0 Å². The summed E-state index contributed by atoms with van der Waals surface area (Å²) in [6, 6.07) is 3.85. The molecule has 1 fully saturated rings. The smallest absolute Gasteiger partial charge is 0.253 e. The largest absolute Gasteiger partial charge is 0.372 e. The van der Waals surface area contributed by atoms with Crippen LogP contribution < -0.4 is 10.2 Å². The van der Waals surface area contributed by atoms with Gasteiger partial charge in [0.1, 0.15) is 5.82 Å². The number of amides is 1. The number of pyridine rings is 1. The van der Waals surface area contributed by atoms with Gasteiger partial charge in [-0.1, -0.05) is 0 Å². The van der Waals surface area contributed by atoms with Gasteiger partial charge in [-0.25, -0.2) is 4.98 Å². The highest BCUT2D eigenvalue weighted by atomic mass is 16.5. The predicted molar refractivity (Wildman–Crippen MR) is 79.1 cm³/mol. The van der Waals surface area contributed by atoms with Gasteiger partial charge in [0, 0.05) is 25.3 Å². The van der Waals surface area contributed by atoms with Crippen LogP contribution in [0.25, 0.3) is 0 Å². The van der Waals surface area contributed by atoms with Gasteiger partial charge >= 0.3 is 0 Å². The van der Waals surface area contributed by atoms with Crippen LogP contribution in [0.3, 0.4) is 0 Å². The summed E-state index contributed by atoms with van der Waals surface area (Å²) in [4.78, 5) is 18.5. The van der Waals surface area contributed by atoms with Gasteiger partial charge < -0.3 is 15.0 Å². The minimum Gasteiger partial charge on any atom is -0.372 e. The number of rotatable bonds is 3. The minimum atomic E-state index is -0.0808. The fourth-order valence-corrected chi connectivity index (χ4v) is 2.42. The fourth-order valence-electron chi connectivity index (χ4n) is 2.42. The monoisotopic (exact) mass is 277 g/mol. The van der Waals surface area contributed by atoms with E-state index in [0.29, 0.717) is 5.56 Å². The summed E-state index contributed by atoms with van der Waals surface area (Å²) in [5.74, 6) is 0.816. The molecule has 20 heavy (non-hydrogen) atoms. The van der Waals surface area contributed by atoms with Crippen molar-refractivity contribution in [2.24, 2.45) is 0 Å². The number of hydrogen-bond donors (Lipinski definition) is 1. The van der Waals surface area contributed by atoms with Gasteiger partial charge in [-0.3, -0.25) is 4.79 Å². The number of hydrogen-bond acceptors (Lipinski definition) is 4. The molecule has 1 amide bonds. The molecule has 2 rings (SSSR count). The minimum absolute atomic E-state index is 0.0808. The predicted octanol–water partition coefficient (Wildman–Crippen LogP) is 1.83. The van der Waals surface area contributed by atoms with E-state index < -0.39 is 0 Å². The van der Waals surface area contributed by atoms with Crippen molar-refractivity contribution in [1.82, 2.24) is 10.3 Å². The summed E-state index contributed by atoms with van der Waals surface area (Å²) in [7, 11) is 0. The average Bonchev–Trinajstić information content (AvgIpc) is 2.37. The van der Waals surface area contributed by atoms with E-state index in [1.807, 2.05) is 26.0 Å². The number of carbonyl (C=O) groups is 1. The molecule has 1 N–H and O–H groups in total. The highest BCUT2D eigenvalue weighted by Gasteiger charge is 2.23. The first-order chi connectivity index (χ1) is 9.45. The maximum atomic E-state index is 11.9. The van der Waals surface area contributed by atoms with Gasteiger partial charge in [-0.15, -0.1) is 0 Å². The van der Waals surface area contributed by atoms with Crippen LogP contribution in [0.1, 0.15) is 38.1 Å². The highest BCUT2D eigenvalue weighted by Crippen LogP contribution is 2.18. The van der Waals surface area contributed by atoms with Crippen LogP contribution in [0.5, 0.6) is 0 Å². The van der Waals surface area contributed by atoms with Crippen molar-refractivity contribution in [1.29, 1.82) is 0 Å². The summed E-state index contributed by atoms with van der Waals surface area (Å²) in [5.41, 5.74) is 0.594. The van der Waals surface area contributed by atoms with E-state index in [-0.39, 0.29) is 24.2 Å². The lowest BCUT2D eigenvalue weighted by Gasteiger charge is -2.36. The van der Waals surface area contributed by atoms with Crippen molar-refractivity contribution >= 4 is 11.7 Å². The molecule has 0 bridgehead atoms. The molecule has 0 saturated carbocycles. The third-order valence-electron chi connectivity index (χ3n) is 3.17. The molecule has 1 aliphatic rings. The highest BCUT2D eigenvalue weighted by molar-refractivity contribution is 5.94. The Morgan fingerprint density at radius 1 is 1.35 bits per heavy atom. The topological polar surface area (TPSA) is 54.5 Å². The second-order valence-electron chi connectivity index (χ2n) is 5.70. The Kier molecular flexibility index (Phi) is 4.60. The lowest BCUT2D eigenvalue weighted by molar-refractivity contribution is -0.00546. The molecule has 2 heterocycles. The summed E-state index contributed by atoms with van der Waals surface area (Å²) in [6.07, 6.45) is 2.03. The second kappa shape index (κ2) is 6.22. The van der Waals surface area contributed by atoms with Crippen LogP contribution in [-0.4, -0.2) is 42.2 Å². The second-order valence-corrected chi connectivity index (χ2v) is 5.70. The van der Waals surface area contributed by atoms with Crippen molar-refractivity contribution in [3.8, 4) is 0 Å². The molecule has 0 spiro atoms. The van der Waals surface area contributed by atoms with Crippen molar-refractivity contribution in [2.45, 2.75) is 45.9 Å². The number of anilines is 1. The summed E-state index contributed by atoms with van der Waals surface area (Å²) in [6.45, 7) is 9.66. The first-order valence-corrected chi connectivity index (χ1v) is 7.13. The molecular formula is C15H23N3O2.